The maximum absolute atomic E-state index is 8.92. The molecule has 0 unspecified atom stereocenters. The van der Waals surface area contributed by atoms with Gasteiger partial charge in [-0.15, -0.1) is 0 Å². The topological polar surface area (TPSA) is 42.4 Å². The van der Waals surface area contributed by atoms with E-state index in [1.54, 1.807) is 6.20 Å². The molecule has 1 N–H and O–H groups in total. The van der Waals surface area contributed by atoms with E-state index in [0.29, 0.717) is 12.5 Å². The minimum Gasteiger partial charge on any atom is -0.473 e. The summed E-state index contributed by atoms with van der Waals surface area (Å²) in [6.07, 6.45) is 1.78. The molecule has 0 atom stereocenters. The van der Waals surface area contributed by atoms with Crippen molar-refractivity contribution in [1.82, 2.24) is 4.98 Å². The third-order valence-corrected chi connectivity index (χ3v) is 2.48. The number of aliphatic hydroxyl groups is 1. The SMILES string of the molecule is Cc1ccc(OCc2ccc(CO)cc2)nc1. The molecule has 0 aliphatic carbocycles. The van der Waals surface area contributed by atoms with E-state index in [-0.39, 0.29) is 6.61 Å². The zero-order chi connectivity index (χ0) is 12.1. The van der Waals surface area contributed by atoms with Crippen molar-refractivity contribution >= 4 is 0 Å². The molecule has 0 saturated carbocycles. The van der Waals surface area contributed by atoms with Gasteiger partial charge in [0.05, 0.1) is 6.61 Å². The number of aliphatic hydroxyl groups excluding tert-OH is 1. The number of rotatable bonds is 4. The summed E-state index contributed by atoms with van der Waals surface area (Å²) in [7, 11) is 0. The van der Waals surface area contributed by atoms with Crippen molar-refractivity contribution < 1.29 is 9.84 Å². The van der Waals surface area contributed by atoms with Crippen molar-refractivity contribution in [1.29, 1.82) is 0 Å². The van der Waals surface area contributed by atoms with Gasteiger partial charge in [0.25, 0.3) is 0 Å². The fraction of sp³-hybridized carbons (Fsp3) is 0.214. The van der Waals surface area contributed by atoms with Crippen LogP contribution in [0.5, 0.6) is 5.88 Å². The van der Waals surface area contributed by atoms with Gasteiger partial charge in [0.15, 0.2) is 0 Å². The maximum Gasteiger partial charge on any atom is 0.213 e. The lowest BCUT2D eigenvalue weighted by atomic mass is 10.1. The summed E-state index contributed by atoms with van der Waals surface area (Å²) in [5.74, 6) is 0.627. The molecule has 0 radical (unpaired) electrons. The monoisotopic (exact) mass is 229 g/mol. The Hall–Kier alpha value is -1.87. The minimum atomic E-state index is 0.0701. The first-order valence-corrected chi connectivity index (χ1v) is 5.52. The number of aromatic nitrogens is 1. The molecule has 0 aliphatic heterocycles. The molecular formula is C14H15NO2. The highest BCUT2D eigenvalue weighted by Gasteiger charge is 1.97. The highest BCUT2D eigenvalue weighted by atomic mass is 16.5. The lowest BCUT2D eigenvalue weighted by molar-refractivity contribution is 0.281. The first-order valence-electron chi connectivity index (χ1n) is 5.52. The van der Waals surface area contributed by atoms with E-state index in [1.165, 1.54) is 0 Å². The van der Waals surface area contributed by atoms with Gasteiger partial charge < -0.3 is 9.84 Å². The average Bonchev–Trinajstić information content (AvgIpc) is 2.39. The summed E-state index contributed by atoms with van der Waals surface area (Å²) in [4.78, 5) is 4.16. The van der Waals surface area contributed by atoms with Crippen LogP contribution < -0.4 is 4.74 Å². The van der Waals surface area contributed by atoms with Crippen molar-refractivity contribution in [2.75, 3.05) is 0 Å². The Bertz CT molecular complexity index is 463. The summed E-state index contributed by atoms with van der Waals surface area (Å²) in [5, 5.41) is 8.92. The van der Waals surface area contributed by atoms with Crippen LogP contribution in [-0.4, -0.2) is 10.1 Å². The number of hydrogen-bond donors (Lipinski definition) is 1. The van der Waals surface area contributed by atoms with Gasteiger partial charge in [-0.05, 0) is 23.6 Å². The molecule has 2 aromatic rings. The lowest BCUT2D eigenvalue weighted by Gasteiger charge is -2.06. The molecule has 17 heavy (non-hydrogen) atoms. The van der Waals surface area contributed by atoms with Crippen LogP contribution in [0.2, 0.25) is 0 Å². The van der Waals surface area contributed by atoms with Crippen molar-refractivity contribution in [2.24, 2.45) is 0 Å². The van der Waals surface area contributed by atoms with Gasteiger partial charge in [-0.2, -0.15) is 0 Å². The predicted molar refractivity (Wildman–Crippen MR) is 65.7 cm³/mol. The molecule has 88 valence electrons. The normalized spacial score (nSPS) is 10.2. The second-order valence-corrected chi connectivity index (χ2v) is 3.94. The van der Waals surface area contributed by atoms with E-state index in [2.05, 4.69) is 4.98 Å². The Labute approximate surface area is 101 Å². The number of pyridine rings is 1. The fourth-order valence-electron chi connectivity index (χ4n) is 1.44. The number of aryl methyl sites for hydroxylation is 1. The van der Waals surface area contributed by atoms with Crippen LogP contribution in [0.25, 0.3) is 0 Å². The van der Waals surface area contributed by atoms with Crippen molar-refractivity contribution in [3.8, 4) is 5.88 Å². The second kappa shape index (κ2) is 5.46. The van der Waals surface area contributed by atoms with E-state index < -0.39 is 0 Å². The van der Waals surface area contributed by atoms with Crippen LogP contribution >= 0.6 is 0 Å². The molecule has 3 heteroatoms. The van der Waals surface area contributed by atoms with Gasteiger partial charge in [-0.25, -0.2) is 4.98 Å². The van der Waals surface area contributed by atoms with Crippen molar-refractivity contribution in [2.45, 2.75) is 20.1 Å². The fourth-order valence-corrected chi connectivity index (χ4v) is 1.44. The molecular weight excluding hydrogens is 214 g/mol. The second-order valence-electron chi connectivity index (χ2n) is 3.94. The summed E-state index contributed by atoms with van der Waals surface area (Å²) >= 11 is 0. The third kappa shape index (κ3) is 3.29. The van der Waals surface area contributed by atoms with Crippen LogP contribution in [0, 0.1) is 6.92 Å². The first-order chi connectivity index (χ1) is 8.28. The molecule has 0 bridgehead atoms. The Morgan fingerprint density at radius 1 is 1.06 bits per heavy atom. The summed E-state index contributed by atoms with van der Waals surface area (Å²) < 4.78 is 5.55. The van der Waals surface area contributed by atoms with Crippen LogP contribution in [0.3, 0.4) is 0 Å². The molecule has 0 saturated heterocycles. The molecule has 2 rings (SSSR count). The zero-order valence-electron chi connectivity index (χ0n) is 9.76. The first kappa shape index (κ1) is 11.6. The van der Waals surface area contributed by atoms with Crippen LogP contribution in [0.1, 0.15) is 16.7 Å². The Morgan fingerprint density at radius 2 is 1.76 bits per heavy atom. The van der Waals surface area contributed by atoms with Crippen LogP contribution in [-0.2, 0) is 13.2 Å². The Morgan fingerprint density at radius 3 is 2.35 bits per heavy atom. The van der Waals surface area contributed by atoms with Gasteiger partial charge in [0.1, 0.15) is 6.61 Å². The molecule has 1 heterocycles. The molecule has 1 aromatic carbocycles. The Balaban J connectivity index is 1.95. The minimum absolute atomic E-state index is 0.0701. The molecule has 1 aromatic heterocycles. The van der Waals surface area contributed by atoms with E-state index in [4.69, 9.17) is 9.84 Å². The Kier molecular flexibility index (Phi) is 3.73. The number of ether oxygens (including phenoxy) is 1. The number of hydrogen-bond acceptors (Lipinski definition) is 3. The molecule has 0 amide bonds. The molecule has 3 nitrogen and oxygen atoms in total. The third-order valence-electron chi connectivity index (χ3n) is 2.48. The van der Waals surface area contributed by atoms with Gasteiger partial charge >= 0.3 is 0 Å². The quantitative estimate of drug-likeness (QED) is 0.875. The predicted octanol–water partition coefficient (Wildman–Crippen LogP) is 2.46. The van der Waals surface area contributed by atoms with E-state index in [0.717, 1.165) is 16.7 Å². The average molecular weight is 229 g/mol. The standard InChI is InChI=1S/C14H15NO2/c1-11-2-7-14(15-8-11)17-10-13-5-3-12(9-16)4-6-13/h2-8,16H,9-10H2,1H3. The summed E-state index contributed by atoms with van der Waals surface area (Å²) in [6.45, 7) is 2.55. The van der Waals surface area contributed by atoms with Gasteiger partial charge in [-0.1, -0.05) is 30.3 Å². The van der Waals surface area contributed by atoms with E-state index >= 15 is 0 Å². The number of benzene rings is 1. The van der Waals surface area contributed by atoms with Crippen LogP contribution in [0.4, 0.5) is 0 Å². The van der Waals surface area contributed by atoms with Gasteiger partial charge in [0.2, 0.25) is 5.88 Å². The molecule has 0 spiro atoms. The van der Waals surface area contributed by atoms with Gasteiger partial charge in [0, 0.05) is 12.3 Å². The molecule has 0 aliphatic rings. The lowest BCUT2D eigenvalue weighted by Crippen LogP contribution is -1.97. The largest absolute Gasteiger partial charge is 0.473 e. The maximum atomic E-state index is 8.92. The van der Waals surface area contributed by atoms with E-state index in [1.807, 2.05) is 43.3 Å². The summed E-state index contributed by atoms with van der Waals surface area (Å²) in [5.41, 5.74) is 3.08. The van der Waals surface area contributed by atoms with Gasteiger partial charge in [-0.3, -0.25) is 0 Å². The number of nitrogens with zero attached hydrogens (tertiary/aromatic N) is 1. The highest BCUT2D eigenvalue weighted by Crippen LogP contribution is 2.10. The highest BCUT2D eigenvalue weighted by molar-refractivity contribution is 5.22. The van der Waals surface area contributed by atoms with Crippen molar-refractivity contribution in [3.05, 3.63) is 59.3 Å². The summed E-state index contributed by atoms with van der Waals surface area (Å²) in [6, 6.07) is 11.5. The zero-order valence-corrected chi connectivity index (χ0v) is 9.76. The van der Waals surface area contributed by atoms with E-state index in [9.17, 15) is 0 Å². The smallest absolute Gasteiger partial charge is 0.213 e. The van der Waals surface area contributed by atoms with Crippen LogP contribution in [0.15, 0.2) is 42.6 Å². The molecule has 0 fully saturated rings. The van der Waals surface area contributed by atoms with Crippen molar-refractivity contribution in [3.63, 3.8) is 0 Å².